The van der Waals surface area contributed by atoms with Gasteiger partial charge in [-0.25, -0.2) is 9.97 Å². The predicted molar refractivity (Wildman–Crippen MR) is 116 cm³/mol. The van der Waals surface area contributed by atoms with Gasteiger partial charge in [-0.2, -0.15) is 0 Å². The van der Waals surface area contributed by atoms with Crippen LogP contribution in [0.4, 0.5) is 17.3 Å². The van der Waals surface area contributed by atoms with Crippen LogP contribution in [0, 0.1) is 0 Å². The van der Waals surface area contributed by atoms with E-state index in [4.69, 9.17) is 11.6 Å². The molecule has 3 heterocycles. The number of likely N-dealkylation sites (N-methyl/N-ethyl adjacent to an activating group) is 1. The van der Waals surface area contributed by atoms with Crippen LogP contribution >= 0.6 is 11.6 Å². The van der Waals surface area contributed by atoms with Gasteiger partial charge in [0.25, 0.3) is 0 Å². The molecule has 1 aromatic heterocycles. The summed E-state index contributed by atoms with van der Waals surface area (Å²) in [7, 11) is 4.20. The average molecular weight is 416 g/mol. The Hall–Kier alpha value is -2.42. The van der Waals surface area contributed by atoms with Crippen LogP contribution in [0.1, 0.15) is 11.6 Å². The number of carbonyl (C=O) groups is 1. The minimum Gasteiger partial charge on any atom is -0.359 e. The summed E-state index contributed by atoms with van der Waals surface area (Å²) in [5.74, 6) is 1.40. The number of rotatable bonds is 5. The third-order valence-electron chi connectivity index (χ3n) is 5.36. The van der Waals surface area contributed by atoms with Crippen molar-refractivity contribution in [2.24, 2.45) is 0 Å². The summed E-state index contributed by atoms with van der Waals surface area (Å²) >= 11 is 6.09. The molecule has 1 atom stereocenters. The van der Waals surface area contributed by atoms with Gasteiger partial charge in [0.1, 0.15) is 12.0 Å². The molecule has 9 heteroatoms. The predicted octanol–water partition coefficient (Wildman–Crippen LogP) is 1.92. The molecule has 1 saturated heterocycles. The minimum atomic E-state index is -0.0685. The van der Waals surface area contributed by atoms with Gasteiger partial charge in [0.15, 0.2) is 11.6 Å². The minimum absolute atomic E-state index is 0.0685. The molecule has 29 heavy (non-hydrogen) atoms. The number of aromatic nitrogens is 2. The van der Waals surface area contributed by atoms with Crippen LogP contribution in [0.25, 0.3) is 0 Å². The maximum absolute atomic E-state index is 11.8. The first-order valence-electron chi connectivity index (χ1n) is 9.79. The summed E-state index contributed by atoms with van der Waals surface area (Å²) in [4.78, 5) is 27.5. The lowest BCUT2D eigenvalue weighted by Crippen LogP contribution is -2.50. The summed E-state index contributed by atoms with van der Waals surface area (Å²) in [6, 6.07) is 8.44. The van der Waals surface area contributed by atoms with Gasteiger partial charge in [0, 0.05) is 43.8 Å². The molecule has 2 aromatic rings. The smallest absolute Gasteiger partial charge is 0.243 e. The quantitative estimate of drug-likeness (QED) is 0.772. The van der Waals surface area contributed by atoms with E-state index in [2.05, 4.69) is 61.5 Å². The highest BCUT2D eigenvalue weighted by Crippen LogP contribution is 2.33. The number of benzene rings is 1. The summed E-state index contributed by atoms with van der Waals surface area (Å²) in [6.07, 6.45) is 1.55. The van der Waals surface area contributed by atoms with Gasteiger partial charge in [-0.05, 0) is 31.8 Å². The number of nitrogens with one attached hydrogen (secondary N) is 2. The van der Waals surface area contributed by atoms with Crippen molar-refractivity contribution in [3.05, 3.63) is 41.2 Å². The van der Waals surface area contributed by atoms with E-state index in [1.165, 1.54) is 5.56 Å². The van der Waals surface area contributed by atoms with E-state index in [1.807, 2.05) is 12.1 Å². The molecule has 1 unspecified atom stereocenters. The number of amides is 1. The maximum Gasteiger partial charge on any atom is 0.243 e. The Morgan fingerprint density at radius 3 is 2.55 bits per heavy atom. The molecule has 2 aliphatic heterocycles. The van der Waals surface area contributed by atoms with Crippen molar-refractivity contribution in [2.75, 3.05) is 68.9 Å². The standard InChI is InChI=1S/C20H26ClN7O/c1-26(2)12-16(14-3-5-15(21)6-4-14)27-7-9-28(10-8-27)20-18-19(23-13-24-20)22-11-17(29)25-18/h3-6,13,16H,7-12H2,1-2H3,(H,25,29)(H,22,23,24). The van der Waals surface area contributed by atoms with Gasteiger partial charge >= 0.3 is 0 Å². The third kappa shape index (κ3) is 4.44. The summed E-state index contributed by atoms with van der Waals surface area (Å²) in [6.45, 7) is 4.64. The molecule has 0 saturated carbocycles. The van der Waals surface area contributed by atoms with E-state index in [0.29, 0.717) is 17.5 Å². The second-order valence-corrected chi connectivity index (χ2v) is 8.11. The zero-order valence-corrected chi connectivity index (χ0v) is 17.5. The molecule has 1 fully saturated rings. The van der Waals surface area contributed by atoms with Crippen molar-refractivity contribution in [1.82, 2.24) is 19.8 Å². The number of halogens is 1. The van der Waals surface area contributed by atoms with Crippen LogP contribution in [0.15, 0.2) is 30.6 Å². The summed E-state index contributed by atoms with van der Waals surface area (Å²) in [5.41, 5.74) is 1.95. The number of hydrogen-bond acceptors (Lipinski definition) is 7. The lowest BCUT2D eigenvalue weighted by Gasteiger charge is -2.41. The fourth-order valence-electron chi connectivity index (χ4n) is 3.92. The Morgan fingerprint density at radius 2 is 1.86 bits per heavy atom. The van der Waals surface area contributed by atoms with E-state index >= 15 is 0 Å². The normalized spacial score (nSPS) is 18.2. The topological polar surface area (TPSA) is 76.6 Å². The molecule has 8 nitrogen and oxygen atoms in total. The average Bonchev–Trinajstić information content (AvgIpc) is 2.72. The van der Waals surface area contributed by atoms with E-state index in [9.17, 15) is 4.79 Å². The Kier molecular flexibility index (Phi) is 5.84. The highest BCUT2D eigenvalue weighted by atomic mass is 35.5. The second kappa shape index (κ2) is 8.52. The molecule has 1 amide bonds. The van der Waals surface area contributed by atoms with Crippen molar-refractivity contribution in [1.29, 1.82) is 0 Å². The Labute approximate surface area is 175 Å². The monoisotopic (exact) mass is 415 g/mol. The zero-order valence-electron chi connectivity index (χ0n) is 16.7. The van der Waals surface area contributed by atoms with Gasteiger partial charge in [-0.3, -0.25) is 9.69 Å². The molecule has 2 aliphatic rings. The number of fused-ring (bicyclic) bond motifs is 1. The SMILES string of the molecule is CN(C)CC(c1ccc(Cl)cc1)N1CCN(c2ncnc3c2NC(=O)CN3)CC1. The number of nitrogens with zero attached hydrogens (tertiary/aromatic N) is 5. The molecule has 1 aromatic carbocycles. The van der Waals surface area contributed by atoms with E-state index < -0.39 is 0 Å². The number of carbonyl (C=O) groups excluding carboxylic acids is 1. The van der Waals surface area contributed by atoms with Crippen molar-refractivity contribution in [3.63, 3.8) is 0 Å². The molecule has 0 bridgehead atoms. The highest BCUT2D eigenvalue weighted by molar-refractivity contribution is 6.30. The number of hydrogen-bond donors (Lipinski definition) is 2. The zero-order chi connectivity index (χ0) is 20.4. The Balaban J connectivity index is 1.49. The van der Waals surface area contributed by atoms with Gasteiger partial charge in [-0.1, -0.05) is 23.7 Å². The van der Waals surface area contributed by atoms with Crippen molar-refractivity contribution in [2.45, 2.75) is 6.04 Å². The first-order valence-corrected chi connectivity index (χ1v) is 10.2. The Morgan fingerprint density at radius 1 is 1.14 bits per heavy atom. The molecule has 2 N–H and O–H groups in total. The van der Waals surface area contributed by atoms with Crippen molar-refractivity contribution < 1.29 is 4.79 Å². The van der Waals surface area contributed by atoms with Gasteiger partial charge in [0.2, 0.25) is 5.91 Å². The van der Waals surface area contributed by atoms with E-state index in [1.54, 1.807) is 6.33 Å². The van der Waals surface area contributed by atoms with Crippen molar-refractivity contribution >= 4 is 34.8 Å². The van der Waals surface area contributed by atoms with Gasteiger partial charge in [0.05, 0.1) is 6.54 Å². The molecule has 0 radical (unpaired) electrons. The first kappa shape index (κ1) is 19.9. The van der Waals surface area contributed by atoms with Crippen LogP contribution in [0.5, 0.6) is 0 Å². The highest BCUT2D eigenvalue weighted by Gasteiger charge is 2.29. The maximum atomic E-state index is 11.8. The van der Waals surface area contributed by atoms with Gasteiger partial charge in [-0.15, -0.1) is 0 Å². The first-order chi connectivity index (χ1) is 14.0. The van der Waals surface area contributed by atoms with Crippen LogP contribution in [0.2, 0.25) is 5.02 Å². The molecular weight excluding hydrogens is 390 g/mol. The molecule has 0 spiro atoms. The molecule has 154 valence electrons. The van der Waals surface area contributed by atoms with Crippen LogP contribution in [-0.4, -0.2) is 79.0 Å². The van der Waals surface area contributed by atoms with Crippen LogP contribution < -0.4 is 15.5 Å². The summed E-state index contributed by atoms with van der Waals surface area (Å²) in [5, 5.41) is 6.72. The molecular formula is C20H26ClN7O. The third-order valence-corrected chi connectivity index (χ3v) is 5.61. The van der Waals surface area contributed by atoms with Crippen LogP contribution in [0.3, 0.4) is 0 Å². The second-order valence-electron chi connectivity index (χ2n) is 7.68. The molecule has 0 aliphatic carbocycles. The van der Waals surface area contributed by atoms with E-state index in [-0.39, 0.29) is 12.5 Å². The number of anilines is 3. The number of piperazine rings is 1. The lowest BCUT2D eigenvalue weighted by molar-refractivity contribution is -0.114. The van der Waals surface area contributed by atoms with Crippen LogP contribution in [-0.2, 0) is 4.79 Å². The van der Waals surface area contributed by atoms with Gasteiger partial charge < -0.3 is 20.4 Å². The largest absolute Gasteiger partial charge is 0.359 e. The fourth-order valence-corrected chi connectivity index (χ4v) is 4.05. The van der Waals surface area contributed by atoms with E-state index in [0.717, 1.165) is 43.6 Å². The Bertz CT molecular complexity index is 866. The summed E-state index contributed by atoms with van der Waals surface area (Å²) < 4.78 is 0. The van der Waals surface area contributed by atoms with Crippen molar-refractivity contribution in [3.8, 4) is 0 Å². The fraction of sp³-hybridized carbons (Fsp3) is 0.450. The molecule has 4 rings (SSSR count). The lowest BCUT2D eigenvalue weighted by atomic mass is 10.0.